The van der Waals surface area contributed by atoms with E-state index in [2.05, 4.69) is 48.2 Å². The van der Waals surface area contributed by atoms with Crippen LogP contribution in [-0.2, 0) is 6.42 Å². The largest absolute Gasteiger partial charge is 0.370 e. The van der Waals surface area contributed by atoms with E-state index in [1.807, 2.05) is 0 Å². The molecule has 0 aliphatic rings. The zero-order valence-corrected chi connectivity index (χ0v) is 12.7. The van der Waals surface area contributed by atoms with Gasteiger partial charge in [0.2, 0.25) is 0 Å². The molecule has 0 fully saturated rings. The summed E-state index contributed by atoms with van der Waals surface area (Å²) in [5, 5.41) is 3.42. The SMILES string of the molecule is CCCNc1ncnc(-c2ccc(C)s2)c1CCC. The molecule has 102 valence electrons. The number of thiophene rings is 1. The summed E-state index contributed by atoms with van der Waals surface area (Å²) >= 11 is 1.80. The molecule has 0 radical (unpaired) electrons. The number of aromatic nitrogens is 2. The third-order valence-corrected chi connectivity index (χ3v) is 3.97. The van der Waals surface area contributed by atoms with Crippen molar-refractivity contribution in [3.05, 3.63) is 28.9 Å². The van der Waals surface area contributed by atoms with E-state index < -0.39 is 0 Å². The van der Waals surface area contributed by atoms with Gasteiger partial charge in [-0.05, 0) is 31.9 Å². The van der Waals surface area contributed by atoms with Crippen LogP contribution >= 0.6 is 11.3 Å². The second-order valence-corrected chi connectivity index (χ2v) is 5.92. The highest BCUT2D eigenvalue weighted by Gasteiger charge is 2.13. The average molecular weight is 275 g/mol. The third kappa shape index (κ3) is 3.32. The predicted octanol–water partition coefficient (Wildman–Crippen LogP) is 4.29. The van der Waals surface area contributed by atoms with Crippen LogP contribution in [0.25, 0.3) is 10.6 Å². The maximum atomic E-state index is 4.51. The van der Waals surface area contributed by atoms with E-state index in [0.717, 1.165) is 37.3 Å². The van der Waals surface area contributed by atoms with Gasteiger partial charge in [-0.3, -0.25) is 0 Å². The maximum Gasteiger partial charge on any atom is 0.133 e. The van der Waals surface area contributed by atoms with Crippen LogP contribution in [0, 0.1) is 6.92 Å². The highest BCUT2D eigenvalue weighted by atomic mass is 32.1. The lowest BCUT2D eigenvalue weighted by atomic mass is 10.1. The predicted molar refractivity (Wildman–Crippen MR) is 82.9 cm³/mol. The summed E-state index contributed by atoms with van der Waals surface area (Å²) in [5.74, 6) is 1.000. The van der Waals surface area contributed by atoms with Gasteiger partial charge in [0, 0.05) is 17.0 Å². The molecule has 2 aromatic rings. The summed E-state index contributed by atoms with van der Waals surface area (Å²) in [6.45, 7) is 7.44. The van der Waals surface area contributed by atoms with Gasteiger partial charge in [-0.25, -0.2) is 9.97 Å². The quantitative estimate of drug-likeness (QED) is 0.854. The number of hydrogen-bond acceptors (Lipinski definition) is 4. The molecule has 2 heterocycles. The Morgan fingerprint density at radius 3 is 2.63 bits per heavy atom. The smallest absolute Gasteiger partial charge is 0.133 e. The van der Waals surface area contributed by atoms with Gasteiger partial charge in [-0.1, -0.05) is 20.3 Å². The first-order valence-corrected chi connectivity index (χ1v) is 7.72. The fraction of sp³-hybridized carbons (Fsp3) is 0.467. The molecule has 0 spiro atoms. The van der Waals surface area contributed by atoms with Gasteiger partial charge in [-0.15, -0.1) is 11.3 Å². The molecule has 0 aliphatic carbocycles. The minimum absolute atomic E-state index is 0.955. The van der Waals surface area contributed by atoms with Crippen molar-refractivity contribution in [2.45, 2.75) is 40.0 Å². The second-order valence-electron chi connectivity index (χ2n) is 4.64. The molecule has 4 heteroatoms. The number of aryl methyl sites for hydroxylation is 1. The zero-order valence-electron chi connectivity index (χ0n) is 11.9. The molecule has 0 amide bonds. The molecular formula is C15H21N3S. The van der Waals surface area contributed by atoms with Crippen LogP contribution in [0.4, 0.5) is 5.82 Å². The van der Waals surface area contributed by atoms with E-state index in [1.54, 1.807) is 17.7 Å². The van der Waals surface area contributed by atoms with Gasteiger partial charge in [-0.2, -0.15) is 0 Å². The number of nitrogens with one attached hydrogen (secondary N) is 1. The minimum atomic E-state index is 0.955. The fourth-order valence-corrected chi connectivity index (χ4v) is 2.96. The van der Waals surface area contributed by atoms with Gasteiger partial charge in [0.1, 0.15) is 12.1 Å². The highest BCUT2D eigenvalue weighted by Crippen LogP contribution is 2.31. The van der Waals surface area contributed by atoms with Gasteiger partial charge < -0.3 is 5.32 Å². The average Bonchev–Trinajstić information content (AvgIpc) is 2.84. The Kier molecular flexibility index (Phi) is 4.91. The lowest BCUT2D eigenvalue weighted by molar-refractivity contribution is 0.893. The molecule has 0 aromatic carbocycles. The molecule has 0 aliphatic heterocycles. The monoisotopic (exact) mass is 275 g/mol. The van der Waals surface area contributed by atoms with Crippen molar-refractivity contribution in [1.82, 2.24) is 9.97 Å². The third-order valence-electron chi connectivity index (χ3n) is 2.96. The molecule has 3 nitrogen and oxygen atoms in total. The standard InChI is InChI=1S/C15H21N3S/c1-4-6-12-14(13-8-7-11(3)19-13)17-10-18-15(12)16-9-5-2/h7-8,10H,4-6,9H2,1-3H3,(H,16,17,18). The highest BCUT2D eigenvalue weighted by molar-refractivity contribution is 7.15. The summed E-state index contributed by atoms with van der Waals surface area (Å²) in [7, 11) is 0. The molecule has 2 aromatic heterocycles. The summed E-state index contributed by atoms with van der Waals surface area (Å²) in [4.78, 5) is 11.5. The first-order chi connectivity index (χ1) is 9.26. The first-order valence-electron chi connectivity index (χ1n) is 6.90. The zero-order chi connectivity index (χ0) is 13.7. The van der Waals surface area contributed by atoms with E-state index in [9.17, 15) is 0 Å². The molecule has 0 atom stereocenters. The topological polar surface area (TPSA) is 37.8 Å². The molecule has 0 unspecified atom stereocenters. The molecule has 19 heavy (non-hydrogen) atoms. The Balaban J connectivity index is 2.41. The van der Waals surface area contributed by atoms with Crippen molar-refractivity contribution in [1.29, 1.82) is 0 Å². The lowest BCUT2D eigenvalue weighted by Gasteiger charge is -2.12. The number of hydrogen-bond donors (Lipinski definition) is 1. The molecular weight excluding hydrogens is 254 g/mol. The Hall–Kier alpha value is -1.42. The van der Waals surface area contributed by atoms with Gasteiger partial charge >= 0.3 is 0 Å². The molecule has 0 saturated heterocycles. The van der Waals surface area contributed by atoms with Gasteiger partial charge in [0.15, 0.2) is 0 Å². The van der Waals surface area contributed by atoms with Crippen molar-refractivity contribution in [3.63, 3.8) is 0 Å². The molecule has 0 saturated carbocycles. The van der Waals surface area contributed by atoms with Crippen molar-refractivity contribution in [2.75, 3.05) is 11.9 Å². The summed E-state index contributed by atoms with van der Waals surface area (Å²) < 4.78 is 0. The molecule has 0 bridgehead atoms. The van der Waals surface area contributed by atoms with E-state index in [4.69, 9.17) is 0 Å². The normalized spacial score (nSPS) is 10.7. The van der Waals surface area contributed by atoms with Crippen molar-refractivity contribution >= 4 is 17.2 Å². The van der Waals surface area contributed by atoms with Gasteiger partial charge in [0.05, 0.1) is 10.6 Å². The Morgan fingerprint density at radius 2 is 2.00 bits per heavy atom. The van der Waals surface area contributed by atoms with E-state index in [0.29, 0.717) is 0 Å². The van der Waals surface area contributed by atoms with Crippen LogP contribution in [-0.4, -0.2) is 16.5 Å². The summed E-state index contributed by atoms with van der Waals surface area (Å²) in [6.07, 6.45) is 4.88. The second kappa shape index (κ2) is 6.66. The van der Waals surface area contributed by atoms with Crippen LogP contribution < -0.4 is 5.32 Å². The van der Waals surface area contributed by atoms with Crippen molar-refractivity contribution in [3.8, 4) is 10.6 Å². The summed E-state index contributed by atoms with van der Waals surface area (Å²) in [5.41, 5.74) is 2.34. The first kappa shape index (κ1) is 14.0. The summed E-state index contributed by atoms with van der Waals surface area (Å²) in [6, 6.07) is 4.31. The molecule has 1 N–H and O–H groups in total. The number of anilines is 1. The Morgan fingerprint density at radius 1 is 1.16 bits per heavy atom. The lowest BCUT2D eigenvalue weighted by Crippen LogP contribution is -2.07. The van der Waals surface area contributed by atoms with Crippen LogP contribution in [0.1, 0.15) is 37.1 Å². The Bertz CT molecular complexity index is 534. The minimum Gasteiger partial charge on any atom is -0.370 e. The van der Waals surface area contributed by atoms with Crippen LogP contribution in [0.2, 0.25) is 0 Å². The van der Waals surface area contributed by atoms with E-state index in [-0.39, 0.29) is 0 Å². The number of nitrogens with zero attached hydrogens (tertiary/aromatic N) is 2. The van der Waals surface area contributed by atoms with Crippen LogP contribution in [0.5, 0.6) is 0 Å². The Labute approximate surface area is 119 Å². The van der Waals surface area contributed by atoms with Crippen molar-refractivity contribution < 1.29 is 0 Å². The maximum absolute atomic E-state index is 4.51. The fourth-order valence-electron chi connectivity index (χ4n) is 2.07. The van der Waals surface area contributed by atoms with E-state index in [1.165, 1.54) is 15.3 Å². The van der Waals surface area contributed by atoms with E-state index >= 15 is 0 Å². The number of rotatable bonds is 6. The van der Waals surface area contributed by atoms with Crippen molar-refractivity contribution in [2.24, 2.45) is 0 Å². The van der Waals surface area contributed by atoms with Gasteiger partial charge in [0.25, 0.3) is 0 Å². The molecule has 2 rings (SSSR count). The van der Waals surface area contributed by atoms with Crippen LogP contribution in [0.15, 0.2) is 18.5 Å². The van der Waals surface area contributed by atoms with Crippen LogP contribution in [0.3, 0.4) is 0 Å².